The maximum atomic E-state index is 11.2. The average molecular weight is 475 g/mol. The Morgan fingerprint density at radius 2 is 1.90 bits per heavy atom. The van der Waals surface area contributed by atoms with E-state index in [2.05, 4.69) is 57.3 Å². The molecule has 4 nitrogen and oxygen atoms in total. The number of aryl methyl sites for hydroxylation is 1. The summed E-state index contributed by atoms with van der Waals surface area (Å²) in [5.74, 6) is -0.400. The fraction of sp³-hybridized carbons (Fsp3) is 0.391. The minimum atomic E-state index is -0.661. The molecule has 154 valence electrons. The molecule has 2 N–H and O–H groups in total. The predicted molar refractivity (Wildman–Crippen MR) is 125 cm³/mol. The monoisotopic (exact) mass is 474 g/mol. The van der Waals surface area contributed by atoms with Gasteiger partial charge in [0.1, 0.15) is 0 Å². The Kier molecular flexibility index (Phi) is 7.67. The van der Waals surface area contributed by atoms with E-state index in [4.69, 9.17) is 12.2 Å². The van der Waals surface area contributed by atoms with Crippen LogP contribution in [-0.2, 0) is 11.3 Å². The number of carboxylic acids is 1. The van der Waals surface area contributed by atoms with E-state index in [1.165, 1.54) is 11.1 Å². The topological polar surface area (TPSA) is 52.6 Å². The summed E-state index contributed by atoms with van der Waals surface area (Å²) in [5, 5.41) is 13.3. The highest BCUT2D eigenvalue weighted by atomic mass is 79.9. The molecule has 0 radical (unpaired) electrons. The van der Waals surface area contributed by atoms with E-state index in [-0.39, 0.29) is 5.92 Å². The third-order valence-corrected chi connectivity index (χ3v) is 6.35. The van der Waals surface area contributed by atoms with E-state index in [1.807, 2.05) is 24.3 Å². The Labute approximate surface area is 186 Å². The Hall–Kier alpha value is -1.92. The van der Waals surface area contributed by atoms with Crippen LogP contribution in [-0.4, -0.2) is 27.6 Å². The maximum Gasteiger partial charge on any atom is 0.306 e. The molecule has 0 amide bonds. The number of thiocarbonyl (C=S) groups is 1. The largest absolute Gasteiger partial charge is 0.481 e. The van der Waals surface area contributed by atoms with Crippen LogP contribution < -0.4 is 5.32 Å². The average Bonchev–Trinajstić information content (AvgIpc) is 2.68. The van der Waals surface area contributed by atoms with E-state index < -0.39 is 5.97 Å². The van der Waals surface area contributed by atoms with Crippen molar-refractivity contribution < 1.29 is 9.90 Å². The van der Waals surface area contributed by atoms with E-state index >= 15 is 0 Å². The second kappa shape index (κ2) is 10.2. The molecule has 0 saturated heterocycles. The van der Waals surface area contributed by atoms with Gasteiger partial charge in [0, 0.05) is 23.2 Å². The second-order valence-corrected chi connectivity index (χ2v) is 9.17. The number of carbonyl (C=O) groups is 1. The fourth-order valence-corrected chi connectivity index (χ4v) is 4.61. The Morgan fingerprint density at radius 3 is 2.55 bits per heavy atom. The summed E-state index contributed by atoms with van der Waals surface area (Å²) in [6.07, 6.45) is 3.36. The van der Waals surface area contributed by atoms with Crippen molar-refractivity contribution in [1.82, 2.24) is 4.90 Å². The number of rotatable bonds is 6. The molecule has 0 aliphatic heterocycles. The zero-order valence-corrected chi connectivity index (χ0v) is 19.0. The van der Waals surface area contributed by atoms with E-state index in [0.29, 0.717) is 11.0 Å². The lowest BCUT2D eigenvalue weighted by Gasteiger charge is -2.33. The molecule has 2 aromatic carbocycles. The Balaban J connectivity index is 1.70. The van der Waals surface area contributed by atoms with Crippen LogP contribution >= 0.6 is 28.1 Å². The Morgan fingerprint density at radius 1 is 1.17 bits per heavy atom. The van der Waals surface area contributed by atoms with Gasteiger partial charge < -0.3 is 15.3 Å². The van der Waals surface area contributed by atoms with Crippen molar-refractivity contribution in [2.24, 2.45) is 11.8 Å². The van der Waals surface area contributed by atoms with Crippen LogP contribution in [0.5, 0.6) is 0 Å². The normalized spacial score (nSPS) is 18.8. The van der Waals surface area contributed by atoms with Gasteiger partial charge in [-0.1, -0.05) is 40.2 Å². The summed E-state index contributed by atoms with van der Waals surface area (Å²) in [6.45, 7) is 3.61. The number of hydrogen-bond donors (Lipinski definition) is 2. The molecule has 29 heavy (non-hydrogen) atoms. The van der Waals surface area contributed by atoms with Gasteiger partial charge in [0.05, 0.1) is 5.92 Å². The van der Waals surface area contributed by atoms with Crippen molar-refractivity contribution in [3.63, 3.8) is 0 Å². The number of halogens is 1. The van der Waals surface area contributed by atoms with Gasteiger partial charge in [-0.2, -0.15) is 0 Å². The molecule has 1 aliphatic carbocycles. The van der Waals surface area contributed by atoms with Crippen molar-refractivity contribution in [2.45, 2.75) is 39.2 Å². The van der Waals surface area contributed by atoms with Gasteiger partial charge in [0.15, 0.2) is 5.11 Å². The van der Waals surface area contributed by atoms with Crippen LogP contribution in [0.2, 0.25) is 0 Å². The van der Waals surface area contributed by atoms with Gasteiger partial charge in [-0.05, 0) is 86.1 Å². The molecule has 3 rings (SSSR count). The highest BCUT2D eigenvalue weighted by molar-refractivity contribution is 9.10. The molecule has 1 fully saturated rings. The van der Waals surface area contributed by atoms with Gasteiger partial charge in [-0.25, -0.2) is 0 Å². The van der Waals surface area contributed by atoms with Gasteiger partial charge in [-0.3, -0.25) is 4.79 Å². The third kappa shape index (κ3) is 6.54. The standard InChI is InChI=1S/C23H27BrN2O2S/c1-16-4-2-7-21(12-16)25-23(29)26(15-18-5-3-6-20(24)13-18)14-17-8-10-19(11-9-17)22(27)28/h2-7,12-13,17,19H,8-11,14-15H2,1H3,(H,25,29)(H,27,28). The molecule has 2 aromatic rings. The Bertz CT molecular complexity index is 865. The van der Waals surface area contributed by atoms with E-state index in [1.54, 1.807) is 0 Å². The third-order valence-electron chi connectivity index (χ3n) is 5.49. The summed E-state index contributed by atoms with van der Waals surface area (Å²) in [4.78, 5) is 13.5. The first-order valence-electron chi connectivity index (χ1n) is 10.0. The molecule has 6 heteroatoms. The van der Waals surface area contributed by atoms with Crippen LogP contribution in [0.4, 0.5) is 5.69 Å². The number of aliphatic carboxylic acids is 1. The maximum absolute atomic E-state index is 11.2. The van der Waals surface area contributed by atoms with Gasteiger partial charge in [0.25, 0.3) is 0 Å². The number of benzene rings is 2. The zero-order valence-electron chi connectivity index (χ0n) is 16.6. The molecular weight excluding hydrogens is 448 g/mol. The summed E-state index contributed by atoms with van der Waals surface area (Å²) < 4.78 is 1.05. The van der Waals surface area contributed by atoms with Crippen molar-refractivity contribution in [2.75, 3.05) is 11.9 Å². The smallest absolute Gasteiger partial charge is 0.306 e. The lowest BCUT2D eigenvalue weighted by Crippen LogP contribution is -2.39. The summed E-state index contributed by atoms with van der Waals surface area (Å²) in [5.41, 5.74) is 3.36. The van der Waals surface area contributed by atoms with E-state index in [0.717, 1.165) is 48.9 Å². The number of carboxylic acid groups (broad SMARTS) is 1. The summed E-state index contributed by atoms with van der Waals surface area (Å²) in [7, 11) is 0. The summed E-state index contributed by atoms with van der Waals surface area (Å²) in [6, 6.07) is 16.5. The minimum Gasteiger partial charge on any atom is -0.481 e. The quantitative estimate of drug-likeness (QED) is 0.514. The van der Waals surface area contributed by atoms with Crippen molar-refractivity contribution in [3.8, 4) is 0 Å². The lowest BCUT2D eigenvalue weighted by molar-refractivity contribution is -0.143. The van der Waals surface area contributed by atoms with Crippen molar-refractivity contribution >= 4 is 44.9 Å². The molecule has 1 aliphatic rings. The lowest BCUT2D eigenvalue weighted by atomic mass is 9.82. The first-order chi connectivity index (χ1) is 13.9. The molecule has 1 saturated carbocycles. The number of nitrogens with one attached hydrogen (secondary N) is 1. The molecule has 0 bridgehead atoms. The molecule has 0 spiro atoms. The first-order valence-corrected chi connectivity index (χ1v) is 11.2. The molecule has 0 unspecified atom stereocenters. The molecule has 0 atom stereocenters. The molecule has 0 aromatic heterocycles. The van der Waals surface area contributed by atoms with Crippen LogP contribution in [0.3, 0.4) is 0 Å². The van der Waals surface area contributed by atoms with Crippen LogP contribution in [0.25, 0.3) is 0 Å². The zero-order chi connectivity index (χ0) is 20.8. The van der Waals surface area contributed by atoms with Crippen molar-refractivity contribution in [1.29, 1.82) is 0 Å². The van der Waals surface area contributed by atoms with E-state index in [9.17, 15) is 9.90 Å². The predicted octanol–water partition coefficient (Wildman–Crippen LogP) is 5.85. The number of nitrogens with zero attached hydrogens (tertiary/aromatic N) is 1. The summed E-state index contributed by atoms with van der Waals surface area (Å²) >= 11 is 9.32. The highest BCUT2D eigenvalue weighted by Crippen LogP contribution is 2.30. The minimum absolute atomic E-state index is 0.192. The van der Waals surface area contributed by atoms with Gasteiger partial charge >= 0.3 is 5.97 Å². The number of anilines is 1. The first kappa shape index (κ1) is 21.8. The second-order valence-electron chi connectivity index (χ2n) is 7.87. The molecular formula is C23H27BrN2O2S. The number of hydrogen-bond acceptors (Lipinski definition) is 2. The molecule has 0 heterocycles. The van der Waals surface area contributed by atoms with Crippen LogP contribution in [0.1, 0.15) is 36.8 Å². The SMILES string of the molecule is Cc1cccc(NC(=S)N(Cc2cccc(Br)c2)CC2CCC(C(=O)O)CC2)c1. The van der Waals surface area contributed by atoms with Gasteiger partial charge in [-0.15, -0.1) is 0 Å². The fourth-order valence-electron chi connectivity index (χ4n) is 3.90. The van der Waals surface area contributed by atoms with Gasteiger partial charge in [0.2, 0.25) is 0 Å². The van der Waals surface area contributed by atoms with Crippen LogP contribution in [0.15, 0.2) is 53.0 Å². The van der Waals surface area contributed by atoms with Crippen LogP contribution in [0, 0.1) is 18.8 Å². The highest BCUT2D eigenvalue weighted by Gasteiger charge is 2.27. The van der Waals surface area contributed by atoms with Crippen molar-refractivity contribution in [3.05, 3.63) is 64.1 Å².